The molecule has 0 saturated carbocycles. The standard InChI is InChI=1S/C8H13F3N2OS/c9-8(10,11)15-4-3-13-7(14)6-1-2-12-5-6/h6,12H,1-5H2,(H,13,14)/t6-/m1/s1. The van der Waals surface area contributed by atoms with Crippen molar-refractivity contribution in [2.75, 3.05) is 25.4 Å². The van der Waals surface area contributed by atoms with Crippen molar-refractivity contribution < 1.29 is 18.0 Å². The van der Waals surface area contributed by atoms with E-state index < -0.39 is 5.51 Å². The van der Waals surface area contributed by atoms with Crippen LogP contribution < -0.4 is 10.6 Å². The van der Waals surface area contributed by atoms with E-state index in [0.29, 0.717) is 6.54 Å². The Labute approximate surface area is 90.2 Å². The van der Waals surface area contributed by atoms with E-state index in [1.807, 2.05) is 0 Å². The lowest BCUT2D eigenvalue weighted by atomic mass is 10.1. The number of hydrogen-bond acceptors (Lipinski definition) is 3. The first-order valence-electron chi connectivity index (χ1n) is 4.68. The molecular formula is C8H13F3N2OS. The molecule has 1 amide bonds. The molecule has 1 rings (SSSR count). The number of nitrogens with one attached hydrogen (secondary N) is 2. The van der Waals surface area contributed by atoms with Crippen LogP contribution in [0.1, 0.15) is 6.42 Å². The quantitative estimate of drug-likeness (QED) is 0.722. The number of alkyl halides is 3. The molecule has 0 aromatic heterocycles. The summed E-state index contributed by atoms with van der Waals surface area (Å²) in [5, 5.41) is 5.52. The Morgan fingerprint density at radius 3 is 2.80 bits per heavy atom. The summed E-state index contributed by atoms with van der Waals surface area (Å²) in [6.45, 7) is 1.49. The molecule has 1 fully saturated rings. The first-order chi connectivity index (χ1) is 6.99. The van der Waals surface area contributed by atoms with Gasteiger partial charge in [-0.1, -0.05) is 0 Å². The number of thioether (sulfide) groups is 1. The number of hydrogen-bond donors (Lipinski definition) is 2. The van der Waals surface area contributed by atoms with Crippen molar-refractivity contribution >= 4 is 17.7 Å². The molecule has 88 valence electrons. The molecule has 0 bridgehead atoms. The fourth-order valence-electron chi connectivity index (χ4n) is 1.36. The van der Waals surface area contributed by atoms with Gasteiger partial charge >= 0.3 is 5.51 Å². The maximum Gasteiger partial charge on any atom is 0.441 e. The molecule has 0 spiro atoms. The van der Waals surface area contributed by atoms with E-state index in [0.717, 1.165) is 13.0 Å². The van der Waals surface area contributed by atoms with E-state index in [9.17, 15) is 18.0 Å². The second-order valence-electron chi connectivity index (χ2n) is 3.27. The third-order valence-electron chi connectivity index (χ3n) is 2.10. The summed E-state index contributed by atoms with van der Waals surface area (Å²) >= 11 is -0.112. The van der Waals surface area contributed by atoms with E-state index in [2.05, 4.69) is 10.6 Å². The van der Waals surface area contributed by atoms with Gasteiger partial charge in [-0.25, -0.2) is 0 Å². The van der Waals surface area contributed by atoms with Crippen LogP contribution in [0.3, 0.4) is 0 Å². The minimum atomic E-state index is -4.21. The van der Waals surface area contributed by atoms with Gasteiger partial charge in [-0.3, -0.25) is 4.79 Å². The third kappa shape index (κ3) is 5.27. The predicted molar refractivity (Wildman–Crippen MR) is 52.5 cm³/mol. The Morgan fingerprint density at radius 1 is 1.53 bits per heavy atom. The first kappa shape index (κ1) is 12.6. The summed E-state index contributed by atoms with van der Waals surface area (Å²) < 4.78 is 35.2. The summed E-state index contributed by atoms with van der Waals surface area (Å²) in [6.07, 6.45) is 0.762. The highest BCUT2D eigenvalue weighted by molar-refractivity contribution is 8.00. The van der Waals surface area contributed by atoms with E-state index in [1.54, 1.807) is 0 Å². The van der Waals surface area contributed by atoms with Crippen molar-refractivity contribution in [2.24, 2.45) is 5.92 Å². The Balaban J connectivity index is 2.07. The topological polar surface area (TPSA) is 41.1 Å². The van der Waals surface area contributed by atoms with E-state index in [4.69, 9.17) is 0 Å². The number of carbonyl (C=O) groups is 1. The minimum absolute atomic E-state index is 0.0690. The highest BCUT2D eigenvalue weighted by Gasteiger charge is 2.28. The van der Waals surface area contributed by atoms with Crippen LogP contribution in [-0.2, 0) is 4.79 Å². The molecule has 0 aromatic carbocycles. The summed E-state index contributed by atoms with van der Waals surface area (Å²) in [5.41, 5.74) is -4.21. The van der Waals surface area contributed by atoms with Crippen molar-refractivity contribution in [3.63, 3.8) is 0 Å². The molecule has 0 radical (unpaired) electrons. The Bertz CT molecular complexity index is 216. The lowest BCUT2D eigenvalue weighted by Crippen LogP contribution is -2.33. The van der Waals surface area contributed by atoms with E-state index in [1.165, 1.54) is 0 Å². The molecule has 1 aliphatic rings. The molecule has 2 N–H and O–H groups in total. The van der Waals surface area contributed by atoms with Gasteiger partial charge in [0.25, 0.3) is 0 Å². The molecule has 3 nitrogen and oxygen atoms in total. The highest BCUT2D eigenvalue weighted by atomic mass is 32.2. The second-order valence-corrected chi connectivity index (χ2v) is 4.43. The molecule has 1 aliphatic heterocycles. The number of halogens is 3. The molecule has 7 heteroatoms. The maximum absolute atomic E-state index is 11.7. The van der Waals surface area contributed by atoms with Crippen LogP contribution in [-0.4, -0.2) is 36.8 Å². The average molecular weight is 242 g/mol. The molecule has 15 heavy (non-hydrogen) atoms. The highest BCUT2D eigenvalue weighted by Crippen LogP contribution is 2.29. The van der Waals surface area contributed by atoms with Crippen LogP contribution in [0.4, 0.5) is 13.2 Å². The Morgan fingerprint density at radius 2 is 2.27 bits per heavy atom. The summed E-state index contributed by atoms with van der Waals surface area (Å²) in [5.74, 6) is -0.362. The molecule has 1 saturated heterocycles. The van der Waals surface area contributed by atoms with Crippen molar-refractivity contribution in [1.29, 1.82) is 0 Å². The number of amides is 1. The zero-order chi connectivity index (χ0) is 11.3. The van der Waals surface area contributed by atoms with Gasteiger partial charge in [-0.05, 0) is 24.7 Å². The van der Waals surface area contributed by atoms with Gasteiger partial charge in [0.05, 0.1) is 5.92 Å². The van der Waals surface area contributed by atoms with Gasteiger partial charge in [0.15, 0.2) is 0 Å². The fourth-order valence-corrected chi connectivity index (χ4v) is 1.80. The Kier molecular flexibility index (Phi) is 4.72. The fraction of sp³-hybridized carbons (Fsp3) is 0.875. The van der Waals surface area contributed by atoms with Gasteiger partial charge in [0, 0.05) is 18.8 Å². The third-order valence-corrected chi connectivity index (χ3v) is 2.83. The number of carbonyl (C=O) groups excluding carboxylic acids is 1. The average Bonchev–Trinajstić information content (AvgIpc) is 2.63. The lowest BCUT2D eigenvalue weighted by molar-refractivity contribution is -0.124. The molecule has 1 atom stereocenters. The van der Waals surface area contributed by atoms with Gasteiger partial charge in [0.2, 0.25) is 5.91 Å². The molecule has 1 heterocycles. The molecular weight excluding hydrogens is 229 g/mol. The van der Waals surface area contributed by atoms with Crippen LogP contribution in [0, 0.1) is 5.92 Å². The molecule has 0 aliphatic carbocycles. The second kappa shape index (κ2) is 5.60. The summed E-state index contributed by atoms with van der Waals surface area (Å²) in [7, 11) is 0. The number of rotatable bonds is 4. The van der Waals surface area contributed by atoms with Crippen molar-refractivity contribution in [2.45, 2.75) is 11.9 Å². The van der Waals surface area contributed by atoms with Gasteiger partial charge in [-0.2, -0.15) is 13.2 Å². The van der Waals surface area contributed by atoms with Gasteiger partial charge < -0.3 is 10.6 Å². The SMILES string of the molecule is O=C(NCCSC(F)(F)F)[C@@H]1CCNC1. The zero-order valence-corrected chi connectivity index (χ0v) is 8.88. The van der Waals surface area contributed by atoms with Gasteiger partial charge in [0.1, 0.15) is 0 Å². The van der Waals surface area contributed by atoms with E-state index >= 15 is 0 Å². The van der Waals surface area contributed by atoms with Crippen LogP contribution in [0.2, 0.25) is 0 Å². The Hall–Kier alpha value is -0.430. The largest absolute Gasteiger partial charge is 0.441 e. The van der Waals surface area contributed by atoms with Crippen LogP contribution in [0.15, 0.2) is 0 Å². The lowest BCUT2D eigenvalue weighted by Gasteiger charge is -2.10. The maximum atomic E-state index is 11.7. The van der Waals surface area contributed by atoms with Crippen LogP contribution in [0.25, 0.3) is 0 Å². The van der Waals surface area contributed by atoms with Gasteiger partial charge in [-0.15, -0.1) is 0 Å². The molecule has 0 unspecified atom stereocenters. The summed E-state index contributed by atoms with van der Waals surface area (Å²) in [4.78, 5) is 11.3. The van der Waals surface area contributed by atoms with Crippen LogP contribution in [0.5, 0.6) is 0 Å². The first-order valence-corrected chi connectivity index (χ1v) is 5.67. The van der Waals surface area contributed by atoms with Crippen molar-refractivity contribution in [3.05, 3.63) is 0 Å². The zero-order valence-electron chi connectivity index (χ0n) is 8.06. The predicted octanol–water partition coefficient (Wildman–Crippen LogP) is 0.965. The molecule has 0 aromatic rings. The van der Waals surface area contributed by atoms with E-state index in [-0.39, 0.29) is 35.9 Å². The normalized spacial score (nSPS) is 21.7. The summed E-state index contributed by atoms with van der Waals surface area (Å²) in [6, 6.07) is 0. The van der Waals surface area contributed by atoms with Crippen molar-refractivity contribution in [3.8, 4) is 0 Å². The van der Waals surface area contributed by atoms with Crippen molar-refractivity contribution in [1.82, 2.24) is 10.6 Å². The smallest absolute Gasteiger partial charge is 0.355 e. The monoisotopic (exact) mass is 242 g/mol. The minimum Gasteiger partial charge on any atom is -0.355 e. The van der Waals surface area contributed by atoms with Crippen LogP contribution >= 0.6 is 11.8 Å².